The highest BCUT2D eigenvalue weighted by Crippen LogP contribution is 2.51. The molecular formula is C20H25ClF3N3OS2. The number of rotatable bonds is 6. The summed E-state index contributed by atoms with van der Waals surface area (Å²) < 4.78 is 39.8. The van der Waals surface area contributed by atoms with Crippen LogP contribution in [-0.4, -0.2) is 67.3 Å². The van der Waals surface area contributed by atoms with Gasteiger partial charge in [-0.3, -0.25) is 4.90 Å². The van der Waals surface area contributed by atoms with Gasteiger partial charge in [0.1, 0.15) is 5.00 Å². The molecule has 1 fully saturated rings. The molecule has 0 saturated carbocycles. The largest absolute Gasteiger partial charge is 0.416 e. The van der Waals surface area contributed by atoms with E-state index in [2.05, 4.69) is 14.7 Å². The zero-order chi connectivity index (χ0) is 20.4. The number of aliphatic hydroxyl groups excluding tert-OH is 1. The summed E-state index contributed by atoms with van der Waals surface area (Å²) in [6, 6.07) is 6.10. The summed E-state index contributed by atoms with van der Waals surface area (Å²) in [5, 5.41) is 12.1. The second kappa shape index (κ2) is 10.1. The molecule has 0 bridgehead atoms. The molecule has 0 unspecified atom stereocenters. The van der Waals surface area contributed by atoms with Gasteiger partial charge in [0, 0.05) is 49.1 Å². The Balaban J connectivity index is 0.00000256. The number of halogens is 4. The average Bonchev–Trinajstić information content (AvgIpc) is 3.16. The number of aliphatic hydroxyl groups is 1. The standard InChI is InChI=1S/C20H24F3N3OS2.ClH/c21-20(22,23)15-2-3-17-16(14-15)26(19-18(29-17)4-13-28-19)6-1-5-24-7-9-25(10-8-24)11-12-27;/h2-4,13-14,27H,1,5-12H2;1H. The van der Waals surface area contributed by atoms with Gasteiger partial charge in [-0.25, -0.2) is 0 Å². The van der Waals surface area contributed by atoms with Crippen molar-refractivity contribution in [1.82, 2.24) is 9.80 Å². The van der Waals surface area contributed by atoms with Crippen molar-refractivity contribution in [3.05, 3.63) is 35.2 Å². The molecule has 10 heteroatoms. The molecule has 3 heterocycles. The number of nitrogens with zero attached hydrogens (tertiary/aromatic N) is 3. The van der Waals surface area contributed by atoms with Gasteiger partial charge in [0.2, 0.25) is 0 Å². The lowest BCUT2D eigenvalue weighted by molar-refractivity contribution is -0.137. The molecule has 166 valence electrons. The molecular weight excluding hydrogens is 455 g/mol. The smallest absolute Gasteiger partial charge is 0.395 e. The van der Waals surface area contributed by atoms with Gasteiger partial charge in [-0.1, -0.05) is 11.8 Å². The van der Waals surface area contributed by atoms with E-state index < -0.39 is 11.7 Å². The number of piperazine rings is 1. The lowest BCUT2D eigenvalue weighted by Crippen LogP contribution is -2.47. The summed E-state index contributed by atoms with van der Waals surface area (Å²) in [4.78, 5) is 8.70. The van der Waals surface area contributed by atoms with E-state index in [1.807, 2.05) is 11.4 Å². The van der Waals surface area contributed by atoms with Crippen LogP contribution in [0.15, 0.2) is 39.4 Å². The third kappa shape index (κ3) is 5.26. The quantitative estimate of drug-likeness (QED) is 0.643. The van der Waals surface area contributed by atoms with Crippen molar-refractivity contribution >= 4 is 46.2 Å². The van der Waals surface area contributed by atoms with Crippen LogP contribution in [-0.2, 0) is 6.18 Å². The molecule has 1 N–H and O–H groups in total. The summed E-state index contributed by atoms with van der Waals surface area (Å²) in [6.07, 6.45) is -3.45. The Morgan fingerprint density at radius 3 is 2.30 bits per heavy atom. The number of fused-ring (bicyclic) bond motifs is 2. The highest BCUT2D eigenvalue weighted by Gasteiger charge is 2.33. The number of β-amino-alcohol motifs (C(OH)–C–C–N with tert-alkyl or cyclic N) is 1. The zero-order valence-corrected chi connectivity index (χ0v) is 18.8. The maximum Gasteiger partial charge on any atom is 0.416 e. The van der Waals surface area contributed by atoms with Gasteiger partial charge in [-0.15, -0.1) is 23.7 Å². The van der Waals surface area contributed by atoms with E-state index in [-0.39, 0.29) is 19.0 Å². The van der Waals surface area contributed by atoms with Crippen LogP contribution in [0.1, 0.15) is 12.0 Å². The van der Waals surface area contributed by atoms with Crippen LogP contribution in [0, 0.1) is 0 Å². The molecule has 2 aliphatic rings. The van der Waals surface area contributed by atoms with Gasteiger partial charge >= 0.3 is 6.18 Å². The molecule has 4 rings (SSSR count). The van der Waals surface area contributed by atoms with E-state index in [4.69, 9.17) is 5.11 Å². The zero-order valence-electron chi connectivity index (χ0n) is 16.4. The predicted octanol–water partition coefficient (Wildman–Crippen LogP) is 4.79. The van der Waals surface area contributed by atoms with Gasteiger partial charge in [0.05, 0.1) is 17.9 Å². The predicted molar refractivity (Wildman–Crippen MR) is 119 cm³/mol. The minimum atomic E-state index is -4.34. The number of thiophene rings is 1. The summed E-state index contributed by atoms with van der Waals surface area (Å²) in [5.41, 5.74) is 0.0643. The van der Waals surface area contributed by atoms with Crippen molar-refractivity contribution in [2.75, 3.05) is 57.3 Å². The van der Waals surface area contributed by atoms with Gasteiger partial charge in [0.25, 0.3) is 0 Å². The fourth-order valence-corrected chi connectivity index (χ4v) is 6.00. The monoisotopic (exact) mass is 479 g/mol. The minimum Gasteiger partial charge on any atom is -0.395 e. The highest BCUT2D eigenvalue weighted by molar-refractivity contribution is 8.00. The number of hydrogen-bond acceptors (Lipinski definition) is 6. The maximum absolute atomic E-state index is 13.3. The minimum absolute atomic E-state index is 0. The van der Waals surface area contributed by atoms with Gasteiger partial charge in [-0.05, 0) is 42.6 Å². The van der Waals surface area contributed by atoms with Crippen molar-refractivity contribution < 1.29 is 18.3 Å². The molecule has 1 aromatic carbocycles. The van der Waals surface area contributed by atoms with Crippen LogP contribution in [0.25, 0.3) is 0 Å². The Hall–Kier alpha value is -0.970. The van der Waals surface area contributed by atoms with Crippen LogP contribution in [0.2, 0.25) is 0 Å². The second-order valence-corrected chi connectivity index (χ2v) is 9.26. The van der Waals surface area contributed by atoms with Crippen LogP contribution in [0.5, 0.6) is 0 Å². The molecule has 0 amide bonds. The van der Waals surface area contributed by atoms with Crippen molar-refractivity contribution in [3.8, 4) is 0 Å². The molecule has 2 aliphatic heterocycles. The third-order valence-corrected chi connectivity index (χ3v) is 7.57. The summed E-state index contributed by atoms with van der Waals surface area (Å²) >= 11 is 3.13. The van der Waals surface area contributed by atoms with E-state index in [1.165, 1.54) is 12.1 Å². The number of alkyl halides is 3. The lowest BCUT2D eigenvalue weighted by atomic mass is 10.1. The number of hydrogen-bond donors (Lipinski definition) is 1. The average molecular weight is 480 g/mol. The van der Waals surface area contributed by atoms with Crippen molar-refractivity contribution in [2.24, 2.45) is 0 Å². The molecule has 2 aromatic rings. The molecule has 30 heavy (non-hydrogen) atoms. The van der Waals surface area contributed by atoms with Crippen LogP contribution in [0.4, 0.5) is 23.9 Å². The van der Waals surface area contributed by atoms with E-state index in [1.54, 1.807) is 29.2 Å². The molecule has 1 aromatic heterocycles. The van der Waals surface area contributed by atoms with E-state index in [0.717, 1.165) is 60.5 Å². The van der Waals surface area contributed by atoms with Gasteiger partial charge < -0.3 is 14.9 Å². The molecule has 0 aliphatic carbocycles. The number of anilines is 2. The van der Waals surface area contributed by atoms with Crippen molar-refractivity contribution in [3.63, 3.8) is 0 Å². The Morgan fingerprint density at radius 2 is 1.63 bits per heavy atom. The normalized spacial score (nSPS) is 17.4. The third-order valence-electron chi connectivity index (χ3n) is 5.39. The summed E-state index contributed by atoms with van der Waals surface area (Å²) in [5.74, 6) is 0. The first-order valence-electron chi connectivity index (χ1n) is 9.75. The molecule has 0 radical (unpaired) electrons. The maximum atomic E-state index is 13.3. The highest BCUT2D eigenvalue weighted by atomic mass is 35.5. The molecule has 0 spiro atoms. The van der Waals surface area contributed by atoms with Gasteiger partial charge in [0.15, 0.2) is 0 Å². The first-order valence-corrected chi connectivity index (χ1v) is 11.4. The Bertz CT molecular complexity index is 841. The summed E-state index contributed by atoms with van der Waals surface area (Å²) in [6.45, 7) is 6.37. The van der Waals surface area contributed by atoms with Crippen LogP contribution < -0.4 is 4.90 Å². The second-order valence-electron chi connectivity index (χ2n) is 7.28. The van der Waals surface area contributed by atoms with E-state index >= 15 is 0 Å². The van der Waals surface area contributed by atoms with Crippen LogP contribution in [0.3, 0.4) is 0 Å². The fourth-order valence-electron chi connectivity index (χ4n) is 3.84. The summed E-state index contributed by atoms with van der Waals surface area (Å²) in [7, 11) is 0. The Kier molecular flexibility index (Phi) is 7.97. The Labute approximate surface area is 189 Å². The SMILES string of the molecule is Cl.OCCN1CCN(CCCN2c3cc(C(F)(F)F)ccc3Sc3ccsc32)CC1. The number of benzene rings is 1. The van der Waals surface area contributed by atoms with Gasteiger partial charge in [-0.2, -0.15) is 13.2 Å². The lowest BCUT2D eigenvalue weighted by Gasteiger charge is -2.35. The Morgan fingerprint density at radius 1 is 0.933 bits per heavy atom. The van der Waals surface area contributed by atoms with Crippen molar-refractivity contribution in [2.45, 2.75) is 22.4 Å². The topological polar surface area (TPSA) is 30.0 Å². The van der Waals surface area contributed by atoms with Crippen molar-refractivity contribution in [1.29, 1.82) is 0 Å². The first kappa shape index (κ1) is 23.7. The van der Waals surface area contributed by atoms with E-state index in [0.29, 0.717) is 12.2 Å². The first-order chi connectivity index (χ1) is 14.0. The molecule has 0 atom stereocenters. The molecule has 4 nitrogen and oxygen atoms in total. The van der Waals surface area contributed by atoms with E-state index in [9.17, 15) is 13.2 Å². The molecule has 1 saturated heterocycles. The fraction of sp³-hybridized carbons (Fsp3) is 0.500. The van der Waals surface area contributed by atoms with Crippen LogP contribution >= 0.6 is 35.5 Å².